The zero-order chi connectivity index (χ0) is 12.1. The van der Waals surface area contributed by atoms with Crippen molar-refractivity contribution in [2.45, 2.75) is 36.7 Å². The number of aryl methyl sites for hydroxylation is 1. The van der Waals surface area contributed by atoms with Crippen LogP contribution in [-0.2, 0) is 6.42 Å². The first-order valence-corrected chi connectivity index (χ1v) is 8.16. The molecule has 1 saturated heterocycles. The molecule has 0 aromatic carbocycles. The number of thioether (sulfide) groups is 2. The van der Waals surface area contributed by atoms with Crippen LogP contribution in [0.5, 0.6) is 0 Å². The van der Waals surface area contributed by atoms with Gasteiger partial charge in [0.05, 0.1) is 5.25 Å². The lowest BCUT2D eigenvalue weighted by molar-refractivity contribution is 0.369. The van der Waals surface area contributed by atoms with Crippen LogP contribution in [0.25, 0.3) is 0 Å². The van der Waals surface area contributed by atoms with Crippen molar-refractivity contribution in [3.63, 3.8) is 0 Å². The van der Waals surface area contributed by atoms with Gasteiger partial charge in [0, 0.05) is 23.2 Å². The summed E-state index contributed by atoms with van der Waals surface area (Å²) < 4.78 is 5.29. The molecule has 0 bridgehead atoms. The monoisotopic (exact) mass is 273 g/mol. The van der Waals surface area contributed by atoms with Gasteiger partial charge in [-0.1, -0.05) is 12.1 Å². The molecule has 6 heteroatoms. The molecule has 96 valence electrons. The highest BCUT2D eigenvalue weighted by molar-refractivity contribution is 8.06. The summed E-state index contributed by atoms with van der Waals surface area (Å²) in [6.45, 7) is 2.97. The normalized spacial score (nSPS) is 25.1. The van der Waals surface area contributed by atoms with Crippen LogP contribution in [0, 0.1) is 0 Å². The summed E-state index contributed by atoms with van der Waals surface area (Å²) >= 11 is 3.93. The number of hydrogen-bond acceptors (Lipinski definition) is 6. The van der Waals surface area contributed by atoms with E-state index in [0.29, 0.717) is 10.5 Å². The SMILES string of the molecule is CC1SCCSC1c1noc(CCCCN)n1. The molecule has 2 heterocycles. The van der Waals surface area contributed by atoms with Crippen molar-refractivity contribution >= 4 is 23.5 Å². The molecule has 0 saturated carbocycles. The highest BCUT2D eigenvalue weighted by atomic mass is 32.2. The number of rotatable bonds is 5. The Kier molecular flexibility index (Phi) is 5.18. The van der Waals surface area contributed by atoms with Crippen molar-refractivity contribution in [1.82, 2.24) is 10.1 Å². The maximum absolute atomic E-state index is 5.46. The van der Waals surface area contributed by atoms with E-state index in [9.17, 15) is 0 Å². The minimum absolute atomic E-state index is 0.390. The van der Waals surface area contributed by atoms with E-state index in [4.69, 9.17) is 10.3 Å². The first kappa shape index (κ1) is 13.2. The highest BCUT2D eigenvalue weighted by Gasteiger charge is 2.28. The van der Waals surface area contributed by atoms with Crippen molar-refractivity contribution in [3.8, 4) is 0 Å². The van der Waals surface area contributed by atoms with E-state index in [1.54, 1.807) is 0 Å². The van der Waals surface area contributed by atoms with Crippen LogP contribution in [-0.4, -0.2) is 33.4 Å². The maximum atomic E-state index is 5.46. The molecule has 0 aliphatic carbocycles. The molecule has 1 aliphatic heterocycles. The fraction of sp³-hybridized carbons (Fsp3) is 0.818. The Morgan fingerprint density at radius 2 is 2.18 bits per heavy atom. The molecule has 0 radical (unpaired) electrons. The number of nitrogens with two attached hydrogens (primary N) is 1. The van der Waals surface area contributed by atoms with Crippen LogP contribution in [0.1, 0.15) is 36.7 Å². The summed E-state index contributed by atoms with van der Waals surface area (Å²) in [5, 5.41) is 5.08. The Bertz CT molecular complexity index is 345. The third kappa shape index (κ3) is 3.63. The topological polar surface area (TPSA) is 64.9 Å². The van der Waals surface area contributed by atoms with Crippen molar-refractivity contribution < 1.29 is 4.52 Å². The summed E-state index contributed by atoms with van der Waals surface area (Å²) in [7, 11) is 0. The van der Waals surface area contributed by atoms with Gasteiger partial charge in [0.25, 0.3) is 0 Å². The zero-order valence-electron chi connectivity index (χ0n) is 10.1. The number of unbranched alkanes of at least 4 members (excludes halogenated alkanes) is 1. The molecule has 2 N–H and O–H groups in total. The smallest absolute Gasteiger partial charge is 0.226 e. The van der Waals surface area contributed by atoms with Gasteiger partial charge in [0.1, 0.15) is 0 Å². The quantitative estimate of drug-likeness (QED) is 0.830. The molecule has 1 aromatic heterocycles. The van der Waals surface area contributed by atoms with Crippen molar-refractivity contribution in [3.05, 3.63) is 11.7 Å². The summed E-state index contributed by atoms with van der Waals surface area (Å²) in [4.78, 5) is 4.50. The Hall–Kier alpha value is -0.200. The molecular formula is C11H19N3OS2. The molecule has 0 spiro atoms. The summed E-state index contributed by atoms with van der Waals surface area (Å²) in [6, 6.07) is 0. The van der Waals surface area contributed by atoms with Gasteiger partial charge in [-0.15, -0.1) is 11.8 Å². The Labute approximate surface area is 110 Å². The highest BCUT2D eigenvalue weighted by Crippen LogP contribution is 2.41. The fourth-order valence-corrected chi connectivity index (χ4v) is 4.50. The molecule has 1 fully saturated rings. The number of nitrogens with zero attached hydrogens (tertiary/aromatic N) is 2. The molecule has 4 nitrogen and oxygen atoms in total. The Balaban J connectivity index is 1.92. The van der Waals surface area contributed by atoms with Gasteiger partial charge in [0.15, 0.2) is 5.82 Å². The first-order valence-electron chi connectivity index (χ1n) is 6.07. The second-order valence-corrected chi connectivity index (χ2v) is 6.89. The second kappa shape index (κ2) is 6.66. The fourth-order valence-electron chi connectivity index (χ4n) is 1.82. The summed E-state index contributed by atoms with van der Waals surface area (Å²) in [6.07, 6.45) is 2.89. The van der Waals surface area contributed by atoms with Gasteiger partial charge in [-0.2, -0.15) is 16.7 Å². The summed E-state index contributed by atoms with van der Waals surface area (Å²) in [5.74, 6) is 4.04. The predicted molar refractivity (Wildman–Crippen MR) is 73.4 cm³/mol. The van der Waals surface area contributed by atoms with Gasteiger partial charge in [-0.05, 0) is 19.4 Å². The molecule has 1 aliphatic rings. The number of hydrogen-bond donors (Lipinski definition) is 1. The Morgan fingerprint density at radius 3 is 2.94 bits per heavy atom. The van der Waals surface area contributed by atoms with Gasteiger partial charge < -0.3 is 10.3 Å². The lowest BCUT2D eigenvalue weighted by Gasteiger charge is -2.24. The molecular weight excluding hydrogens is 254 g/mol. The van der Waals surface area contributed by atoms with Crippen molar-refractivity contribution in [1.29, 1.82) is 0 Å². The average molecular weight is 273 g/mol. The molecule has 2 atom stereocenters. The van der Waals surface area contributed by atoms with Gasteiger partial charge in [0.2, 0.25) is 5.89 Å². The standard InChI is InChI=1S/C11H19N3OS2/c1-8-10(17-7-6-16-8)11-13-9(15-14-11)4-2-3-5-12/h8,10H,2-7,12H2,1H3. The van der Waals surface area contributed by atoms with E-state index in [-0.39, 0.29) is 0 Å². The van der Waals surface area contributed by atoms with Gasteiger partial charge in [-0.3, -0.25) is 0 Å². The minimum atomic E-state index is 0.390. The van der Waals surface area contributed by atoms with Crippen LogP contribution >= 0.6 is 23.5 Å². The van der Waals surface area contributed by atoms with Crippen molar-refractivity contribution in [2.75, 3.05) is 18.1 Å². The van der Waals surface area contributed by atoms with Crippen LogP contribution in [0.2, 0.25) is 0 Å². The van der Waals surface area contributed by atoms with Crippen LogP contribution in [0.4, 0.5) is 0 Å². The van der Waals surface area contributed by atoms with Crippen LogP contribution in [0.3, 0.4) is 0 Å². The third-order valence-electron chi connectivity index (χ3n) is 2.77. The lowest BCUT2D eigenvalue weighted by atomic mass is 10.2. The van der Waals surface area contributed by atoms with Crippen LogP contribution in [0.15, 0.2) is 4.52 Å². The van der Waals surface area contributed by atoms with Crippen LogP contribution < -0.4 is 5.73 Å². The molecule has 17 heavy (non-hydrogen) atoms. The average Bonchev–Trinajstić information content (AvgIpc) is 2.79. The predicted octanol–water partition coefficient (Wildman–Crippen LogP) is 2.26. The van der Waals surface area contributed by atoms with E-state index in [2.05, 4.69) is 17.1 Å². The van der Waals surface area contributed by atoms with E-state index >= 15 is 0 Å². The first-order chi connectivity index (χ1) is 8.31. The lowest BCUT2D eigenvalue weighted by Crippen LogP contribution is -2.16. The van der Waals surface area contributed by atoms with Gasteiger partial charge in [-0.25, -0.2) is 0 Å². The molecule has 1 aromatic rings. The third-order valence-corrected chi connectivity index (χ3v) is 5.86. The van der Waals surface area contributed by atoms with E-state index in [1.165, 1.54) is 11.5 Å². The summed E-state index contributed by atoms with van der Waals surface area (Å²) in [5.41, 5.74) is 5.46. The maximum Gasteiger partial charge on any atom is 0.226 e. The largest absolute Gasteiger partial charge is 0.339 e. The zero-order valence-corrected chi connectivity index (χ0v) is 11.7. The molecule has 0 amide bonds. The molecule has 2 rings (SSSR count). The van der Waals surface area contributed by atoms with E-state index in [0.717, 1.165) is 37.5 Å². The second-order valence-electron chi connectivity index (χ2n) is 4.16. The van der Waals surface area contributed by atoms with E-state index < -0.39 is 0 Å². The Morgan fingerprint density at radius 1 is 1.35 bits per heavy atom. The van der Waals surface area contributed by atoms with Gasteiger partial charge >= 0.3 is 0 Å². The molecule has 2 unspecified atom stereocenters. The van der Waals surface area contributed by atoms with E-state index in [1.807, 2.05) is 23.5 Å². The minimum Gasteiger partial charge on any atom is -0.339 e. The van der Waals surface area contributed by atoms with Crippen molar-refractivity contribution in [2.24, 2.45) is 5.73 Å². The number of aromatic nitrogens is 2.